The second-order valence-corrected chi connectivity index (χ2v) is 8.38. The zero-order valence-electron chi connectivity index (χ0n) is 14.0. The summed E-state index contributed by atoms with van der Waals surface area (Å²) in [4.78, 5) is 38.7. The van der Waals surface area contributed by atoms with E-state index in [1.807, 2.05) is 0 Å². The SMILES string of the molecule is Nc1ccc2c(c1)C(=O)N(C(=O)NC13CC4CC(CC(C4)C1)C3)C2=O. The number of benzene rings is 1. The minimum absolute atomic E-state index is 0.214. The predicted molar refractivity (Wildman–Crippen MR) is 90.8 cm³/mol. The summed E-state index contributed by atoms with van der Waals surface area (Å²) in [6.45, 7) is 0. The third-order valence-electron chi connectivity index (χ3n) is 6.52. The number of urea groups is 1. The largest absolute Gasteiger partial charge is 0.399 e. The fourth-order valence-corrected chi connectivity index (χ4v) is 5.99. The lowest BCUT2D eigenvalue weighted by Gasteiger charge is -2.56. The van der Waals surface area contributed by atoms with E-state index in [-0.39, 0.29) is 16.7 Å². The van der Waals surface area contributed by atoms with Gasteiger partial charge >= 0.3 is 6.03 Å². The molecule has 4 bridgehead atoms. The van der Waals surface area contributed by atoms with Gasteiger partial charge in [-0.25, -0.2) is 4.79 Å². The molecule has 1 aliphatic heterocycles. The topological polar surface area (TPSA) is 92.5 Å². The van der Waals surface area contributed by atoms with Gasteiger partial charge in [0.15, 0.2) is 0 Å². The lowest BCUT2D eigenvalue weighted by atomic mass is 9.53. The van der Waals surface area contributed by atoms with Crippen molar-refractivity contribution in [1.29, 1.82) is 0 Å². The van der Waals surface area contributed by atoms with E-state index >= 15 is 0 Å². The zero-order valence-corrected chi connectivity index (χ0v) is 14.0. The van der Waals surface area contributed by atoms with Crippen LogP contribution in [0.3, 0.4) is 0 Å². The maximum absolute atomic E-state index is 12.8. The number of imide groups is 3. The van der Waals surface area contributed by atoms with Crippen LogP contribution in [0.2, 0.25) is 0 Å². The molecular formula is C19H21N3O3. The molecule has 4 amide bonds. The first kappa shape index (κ1) is 14.9. The molecule has 0 saturated heterocycles. The Morgan fingerprint density at radius 2 is 1.56 bits per heavy atom. The number of hydrogen-bond donors (Lipinski definition) is 2. The zero-order chi connectivity index (χ0) is 17.3. The Hall–Kier alpha value is -2.37. The van der Waals surface area contributed by atoms with E-state index in [1.54, 1.807) is 6.07 Å². The fraction of sp³-hybridized carbons (Fsp3) is 0.526. The smallest absolute Gasteiger partial charge is 0.332 e. The molecule has 6 rings (SSSR count). The standard InChI is InChI=1S/C19H21N3O3/c20-13-1-2-14-15(6-13)17(24)22(16(14)23)18(25)21-19-7-10-3-11(8-19)5-12(4-10)9-19/h1-2,6,10-12H,3-5,7-9,20H2,(H,21,25). The van der Waals surface area contributed by atoms with E-state index in [0.29, 0.717) is 23.4 Å². The van der Waals surface area contributed by atoms with Gasteiger partial charge in [-0.2, -0.15) is 4.90 Å². The van der Waals surface area contributed by atoms with Crippen LogP contribution in [-0.2, 0) is 0 Å². The van der Waals surface area contributed by atoms with Crippen molar-refractivity contribution in [2.75, 3.05) is 5.73 Å². The van der Waals surface area contributed by atoms with E-state index in [0.717, 1.165) is 24.2 Å². The maximum Gasteiger partial charge on any atom is 0.332 e. The van der Waals surface area contributed by atoms with Gasteiger partial charge in [0.1, 0.15) is 0 Å². The Labute approximate surface area is 145 Å². The van der Waals surface area contributed by atoms with Gasteiger partial charge in [0.25, 0.3) is 11.8 Å². The molecule has 0 atom stereocenters. The fourth-order valence-electron chi connectivity index (χ4n) is 5.99. The second kappa shape index (κ2) is 4.84. The number of nitrogens with two attached hydrogens (primary N) is 1. The van der Waals surface area contributed by atoms with Crippen molar-refractivity contribution in [2.45, 2.75) is 44.1 Å². The first-order valence-corrected chi connectivity index (χ1v) is 9.04. The molecule has 4 fully saturated rings. The first-order chi connectivity index (χ1) is 11.9. The number of carbonyl (C=O) groups is 3. The van der Waals surface area contributed by atoms with Gasteiger partial charge in [-0.05, 0) is 74.5 Å². The van der Waals surface area contributed by atoms with Crippen molar-refractivity contribution in [3.63, 3.8) is 0 Å². The molecule has 0 unspecified atom stereocenters. The quantitative estimate of drug-likeness (QED) is 0.607. The molecule has 130 valence electrons. The third-order valence-corrected chi connectivity index (χ3v) is 6.52. The van der Waals surface area contributed by atoms with Crippen molar-refractivity contribution in [1.82, 2.24) is 10.2 Å². The van der Waals surface area contributed by atoms with Gasteiger partial charge in [0.05, 0.1) is 11.1 Å². The van der Waals surface area contributed by atoms with E-state index in [1.165, 1.54) is 31.4 Å². The van der Waals surface area contributed by atoms with Crippen LogP contribution in [0.25, 0.3) is 0 Å². The molecule has 0 aromatic heterocycles. The summed E-state index contributed by atoms with van der Waals surface area (Å²) in [5.41, 5.74) is 6.35. The van der Waals surface area contributed by atoms with Crippen molar-refractivity contribution >= 4 is 23.5 Å². The number of nitrogens with one attached hydrogen (secondary N) is 1. The van der Waals surface area contributed by atoms with Crippen molar-refractivity contribution in [2.24, 2.45) is 17.8 Å². The molecule has 3 N–H and O–H groups in total. The number of nitrogens with zero attached hydrogens (tertiary/aromatic N) is 1. The van der Waals surface area contributed by atoms with Gasteiger partial charge in [-0.15, -0.1) is 0 Å². The lowest BCUT2D eigenvalue weighted by Crippen LogP contribution is -2.62. The minimum Gasteiger partial charge on any atom is -0.399 e. The summed E-state index contributed by atoms with van der Waals surface area (Å²) in [5.74, 6) is 0.896. The van der Waals surface area contributed by atoms with Crippen LogP contribution in [-0.4, -0.2) is 28.3 Å². The monoisotopic (exact) mass is 339 g/mol. The van der Waals surface area contributed by atoms with Gasteiger partial charge in [0, 0.05) is 11.2 Å². The normalized spacial score (nSPS) is 35.2. The Morgan fingerprint density at radius 3 is 2.16 bits per heavy atom. The molecule has 25 heavy (non-hydrogen) atoms. The highest BCUT2D eigenvalue weighted by Gasteiger charge is 2.53. The highest BCUT2D eigenvalue weighted by atomic mass is 16.2. The average molecular weight is 339 g/mol. The molecule has 1 heterocycles. The molecule has 6 nitrogen and oxygen atoms in total. The van der Waals surface area contributed by atoms with Crippen LogP contribution < -0.4 is 11.1 Å². The van der Waals surface area contributed by atoms with Crippen LogP contribution in [0.5, 0.6) is 0 Å². The number of fused-ring (bicyclic) bond motifs is 1. The van der Waals surface area contributed by atoms with Crippen LogP contribution in [0.1, 0.15) is 59.2 Å². The van der Waals surface area contributed by atoms with E-state index in [4.69, 9.17) is 5.73 Å². The van der Waals surface area contributed by atoms with Crippen LogP contribution in [0.4, 0.5) is 10.5 Å². The molecule has 4 saturated carbocycles. The molecule has 5 aliphatic rings. The average Bonchev–Trinajstić information content (AvgIpc) is 2.76. The molecule has 0 radical (unpaired) electrons. The Morgan fingerprint density at radius 1 is 1.00 bits per heavy atom. The third kappa shape index (κ3) is 2.12. The van der Waals surface area contributed by atoms with Gasteiger partial charge in [-0.1, -0.05) is 0 Å². The molecule has 4 aliphatic carbocycles. The Kier molecular flexibility index (Phi) is 2.89. The number of anilines is 1. The summed E-state index contributed by atoms with van der Waals surface area (Å²) in [7, 11) is 0. The minimum atomic E-state index is -0.577. The Balaban J connectivity index is 1.41. The van der Waals surface area contributed by atoms with Crippen molar-refractivity contribution < 1.29 is 14.4 Å². The maximum atomic E-state index is 12.8. The van der Waals surface area contributed by atoms with Crippen LogP contribution in [0.15, 0.2) is 18.2 Å². The number of rotatable bonds is 1. The number of carbonyl (C=O) groups excluding carboxylic acids is 3. The summed E-state index contributed by atoms with van der Waals surface area (Å²) >= 11 is 0. The summed E-state index contributed by atoms with van der Waals surface area (Å²) in [6, 6.07) is 3.98. The van der Waals surface area contributed by atoms with Gasteiger partial charge in [-0.3, -0.25) is 9.59 Å². The highest BCUT2D eigenvalue weighted by Crippen LogP contribution is 2.55. The first-order valence-electron chi connectivity index (χ1n) is 9.04. The second-order valence-electron chi connectivity index (χ2n) is 8.38. The molecule has 6 heteroatoms. The summed E-state index contributed by atoms with van der Waals surface area (Å²) < 4.78 is 0. The Bertz CT molecular complexity index is 781. The lowest BCUT2D eigenvalue weighted by molar-refractivity contribution is -0.0149. The van der Waals surface area contributed by atoms with E-state index < -0.39 is 17.8 Å². The van der Waals surface area contributed by atoms with Crippen LogP contribution >= 0.6 is 0 Å². The van der Waals surface area contributed by atoms with Crippen LogP contribution in [0, 0.1) is 17.8 Å². The van der Waals surface area contributed by atoms with Gasteiger partial charge < -0.3 is 11.1 Å². The van der Waals surface area contributed by atoms with Crippen molar-refractivity contribution in [3.8, 4) is 0 Å². The number of amides is 4. The highest BCUT2D eigenvalue weighted by molar-refractivity contribution is 6.29. The molecule has 0 spiro atoms. The van der Waals surface area contributed by atoms with E-state index in [9.17, 15) is 14.4 Å². The summed E-state index contributed by atoms with van der Waals surface area (Å²) in [5, 5.41) is 3.09. The molecule has 1 aromatic carbocycles. The number of hydrogen-bond acceptors (Lipinski definition) is 4. The molecular weight excluding hydrogens is 318 g/mol. The predicted octanol–water partition coefficient (Wildman–Crippen LogP) is 2.54. The molecule has 1 aromatic rings. The number of nitrogen functional groups attached to an aromatic ring is 1. The van der Waals surface area contributed by atoms with Gasteiger partial charge in [0.2, 0.25) is 0 Å². The summed E-state index contributed by atoms with van der Waals surface area (Å²) in [6.07, 6.45) is 6.72. The van der Waals surface area contributed by atoms with E-state index in [2.05, 4.69) is 5.32 Å². The van der Waals surface area contributed by atoms with Crippen molar-refractivity contribution in [3.05, 3.63) is 29.3 Å².